The number of hydrogen-bond acceptors (Lipinski definition) is 4. The summed E-state index contributed by atoms with van der Waals surface area (Å²) in [5, 5.41) is 13.1. The monoisotopic (exact) mass is 431 g/mol. The van der Waals surface area contributed by atoms with Crippen LogP contribution in [-0.2, 0) is 6.54 Å². The van der Waals surface area contributed by atoms with E-state index < -0.39 is 0 Å². The van der Waals surface area contributed by atoms with Crippen molar-refractivity contribution in [1.82, 2.24) is 20.8 Å². The van der Waals surface area contributed by atoms with Crippen molar-refractivity contribution in [3.63, 3.8) is 0 Å². The van der Waals surface area contributed by atoms with Crippen LogP contribution >= 0.6 is 24.0 Å². The van der Waals surface area contributed by atoms with Crippen LogP contribution in [0.5, 0.6) is 11.5 Å². The first-order chi connectivity index (χ1) is 10.8. The highest BCUT2D eigenvalue weighted by Crippen LogP contribution is 2.16. The van der Waals surface area contributed by atoms with Gasteiger partial charge in [0.1, 0.15) is 18.1 Å². The lowest BCUT2D eigenvalue weighted by molar-refractivity contribution is 0.321. The van der Waals surface area contributed by atoms with Crippen molar-refractivity contribution in [1.29, 1.82) is 0 Å². The number of rotatable bonds is 7. The average Bonchev–Trinajstić information content (AvgIpc) is 3.08. The van der Waals surface area contributed by atoms with Crippen molar-refractivity contribution >= 4 is 29.9 Å². The maximum absolute atomic E-state index is 5.63. The molecule has 7 nitrogen and oxygen atoms in total. The topological polar surface area (TPSA) is 83.6 Å². The fraction of sp³-hybridized carbons (Fsp3) is 0.333. The highest BCUT2D eigenvalue weighted by atomic mass is 127. The Balaban J connectivity index is 0.00000264. The fourth-order valence-electron chi connectivity index (χ4n) is 1.79. The van der Waals surface area contributed by atoms with Crippen molar-refractivity contribution in [3.05, 3.63) is 42.2 Å². The molecule has 0 saturated heterocycles. The van der Waals surface area contributed by atoms with Crippen LogP contribution in [0.25, 0.3) is 0 Å². The number of guanidine groups is 1. The van der Waals surface area contributed by atoms with Gasteiger partial charge in [-0.25, -0.2) is 0 Å². The quantitative estimate of drug-likeness (QED) is 0.270. The molecule has 1 aromatic carbocycles. The first-order valence-corrected chi connectivity index (χ1v) is 7.01. The van der Waals surface area contributed by atoms with E-state index in [0.717, 1.165) is 17.2 Å². The predicted molar refractivity (Wildman–Crippen MR) is 101 cm³/mol. The molecule has 1 heterocycles. The third kappa shape index (κ3) is 6.76. The number of ether oxygens (including phenoxy) is 2. The van der Waals surface area contributed by atoms with Crippen LogP contribution in [0.1, 0.15) is 5.69 Å². The fourth-order valence-corrected chi connectivity index (χ4v) is 1.79. The van der Waals surface area contributed by atoms with Crippen LogP contribution in [0.15, 0.2) is 41.5 Å². The van der Waals surface area contributed by atoms with Gasteiger partial charge in [-0.15, -0.1) is 24.0 Å². The number of benzene rings is 1. The number of nitrogens with one attached hydrogen (secondary N) is 3. The van der Waals surface area contributed by atoms with E-state index in [-0.39, 0.29) is 24.0 Å². The summed E-state index contributed by atoms with van der Waals surface area (Å²) in [6, 6.07) is 9.41. The van der Waals surface area contributed by atoms with Crippen molar-refractivity contribution in [2.75, 3.05) is 27.3 Å². The lowest BCUT2D eigenvalue weighted by Crippen LogP contribution is -2.38. The smallest absolute Gasteiger partial charge is 0.191 e. The van der Waals surface area contributed by atoms with Gasteiger partial charge in [-0.2, -0.15) is 5.10 Å². The number of halogens is 1. The van der Waals surface area contributed by atoms with E-state index in [0.29, 0.717) is 25.7 Å². The SMILES string of the molecule is CN=C(NCCOc1ccc(OC)cc1)NCc1ccn[nH]1.I. The zero-order chi connectivity index (χ0) is 15.6. The number of nitrogens with zero attached hydrogens (tertiary/aromatic N) is 2. The second-order valence-electron chi connectivity index (χ2n) is 4.46. The third-order valence-corrected chi connectivity index (χ3v) is 2.95. The molecule has 2 aromatic rings. The lowest BCUT2D eigenvalue weighted by atomic mass is 10.3. The lowest BCUT2D eigenvalue weighted by Gasteiger charge is -2.12. The van der Waals surface area contributed by atoms with Crippen molar-refractivity contribution in [3.8, 4) is 11.5 Å². The Bertz CT molecular complexity index is 572. The first-order valence-electron chi connectivity index (χ1n) is 7.01. The van der Waals surface area contributed by atoms with Crippen molar-refractivity contribution < 1.29 is 9.47 Å². The van der Waals surface area contributed by atoms with E-state index in [1.807, 2.05) is 30.3 Å². The highest BCUT2D eigenvalue weighted by Gasteiger charge is 1.99. The Morgan fingerprint density at radius 1 is 1.17 bits per heavy atom. The van der Waals surface area contributed by atoms with Crippen molar-refractivity contribution in [2.24, 2.45) is 4.99 Å². The highest BCUT2D eigenvalue weighted by molar-refractivity contribution is 14.0. The predicted octanol–water partition coefficient (Wildman–Crippen LogP) is 1.78. The van der Waals surface area contributed by atoms with Gasteiger partial charge in [-0.05, 0) is 30.3 Å². The van der Waals surface area contributed by atoms with Crippen LogP contribution in [-0.4, -0.2) is 43.5 Å². The molecule has 0 aliphatic rings. The Morgan fingerprint density at radius 2 is 1.91 bits per heavy atom. The molecular formula is C15H22IN5O2. The number of aliphatic imine (C=N–C) groups is 1. The molecule has 1 aromatic heterocycles. The first kappa shape index (κ1) is 19.1. The molecule has 8 heteroatoms. The van der Waals surface area contributed by atoms with E-state index in [1.54, 1.807) is 20.4 Å². The number of hydrogen-bond donors (Lipinski definition) is 3. The molecule has 0 saturated carbocycles. The van der Waals surface area contributed by atoms with Crippen LogP contribution in [0, 0.1) is 0 Å². The molecule has 2 rings (SSSR count). The van der Waals surface area contributed by atoms with E-state index in [2.05, 4.69) is 25.8 Å². The van der Waals surface area contributed by atoms with Crippen LogP contribution in [0.4, 0.5) is 0 Å². The Labute approximate surface area is 152 Å². The van der Waals surface area contributed by atoms with Gasteiger partial charge in [0.25, 0.3) is 0 Å². The van der Waals surface area contributed by atoms with E-state index in [4.69, 9.17) is 9.47 Å². The molecule has 0 aliphatic carbocycles. The third-order valence-electron chi connectivity index (χ3n) is 2.95. The molecule has 0 unspecified atom stereocenters. The molecular weight excluding hydrogens is 409 g/mol. The summed E-state index contributed by atoms with van der Waals surface area (Å²) >= 11 is 0. The summed E-state index contributed by atoms with van der Waals surface area (Å²) in [6.45, 7) is 1.82. The number of aromatic nitrogens is 2. The molecule has 0 bridgehead atoms. The Morgan fingerprint density at radius 3 is 2.52 bits per heavy atom. The Hall–Kier alpha value is -1.97. The summed E-state index contributed by atoms with van der Waals surface area (Å²) in [7, 11) is 3.37. The molecule has 0 fully saturated rings. The van der Waals surface area contributed by atoms with Gasteiger partial charge in [0.15, 0.2) is 5.96 Å². The minimum absolute atomic E-state index is 0. The summed E-state index contributed by atoms with van der Waals surface area (Å²) in [5.41, 5.74) is 0.998. The molecule has 126 valence electrons. The molecule has 0 amide bonds. The van der Waals surface area contributed by atoms with Gasteiger partial charge in [0.2, 0.25) is 0 Å². The number of aromatic amines is 1. The number of H-pyrrole nitrogens is 1. The molecule has 0 atom stereocenters. The molecule has 23 heavy (non-hydrogen) atoms. The molecule has 0 radical (unpaired) electrons. The molecule has 0 aliphatic heterocycles. The largest absolute Gasteiger partial charge is 0.497 e. The van der Waals surface area contributed by atoms with Crippen LogP contribution < -0.4 is 20.1 Å². The summed E-state index contributed by atoms with van der Waals surface area (Å²) in [4.78, 5) is 4.14. The van der Waals surface area contributed by atoms with E-state index >= 15 is 0 Å². The van der Waals surface area contributed by atoms with Gasteiger partial charge < -0.3 is 20.1 Å². The molecule has 3 N–H and O–H groups in total. The minimum atomic E-state index is 0. The normalized spacial score (nSPS) is 10.6. The summed E-state index contributed by atoms with van der Waals surface area (Å²) in [6.07, 6.45) is 1.72. The van der Waals surface area contributed by atoms with Crippen molar-refractivity contribution in [2.45, 2.75) is 6.54 Å². The van der Waals surface area contributed by atoms with E-state index in [1.165, 1.54) is 0 Å². The minimum Gasteiger partial charge on any atom is -0.497 e. The van der Waals surface area contributed by atoms with Gasteiger partial charge in [0.05, 0.1) is 25.9 Å². The summed E-state index contributed by atoms with van der Waals surface area (Å²) in [5.74, 6) is 2.34. The van der Waals surface area contributed by atoms with E-state index in [9.17, 15) is 0 Å². The van der Waals surface area contributed by atoms with Gasteiger partial charge in [-0.3, -0.25) is 10.1 Å². The standard InChI is InChI=1S/C15H21N5O2.HI/c1-16-15(18-11-12-7-8-19-20-12)17-9-10-22-14-5-3-13(21-2)4-6-14;/h3-8H,9-11H2,1-2H3,(H,19,20)(H2,16,17,18);1H. The number of methoxy groups -OCH3 is 1. The second kappa shape index (κ2) is 10.7. The summed E-state index contributed by atoms with van der Waals surface area (Å²) < 4.78 is 10.7. The van der Waals surface area contributed by atoms with Gasteiger partial charge >= 0.3 is 0 Å². The maximum atomic E-state index is 5.63. The van der Waals surface area contributed by atoms with Crippen LogP contribution in [0.2, 0.25) is 0 Å². The zero-order valence-corrected chi connectivity index (χ0v) is 15.5. The zero-order valence-electron chi connectivity index (χ0n) is 13.2. The second-order valence-corrected chi connectivity index (χ2v) is 4.46. The average molecular weight is 431 g/mol. The molecule has 0 spiro atoms. The maximum Gasteiger partial charge on any atom is 0.191 e. The van der Waals surface area contributed by atoms with Gasteiger partial charge in [0, 0.05) is 13.2 Å². The van der Waals surface area contributed by atoms with Crippen LogP contribution in [0.3, 0.4) is 0 Å². The Kier molecular flexibility index (Phi) is 8.88. The van der Waals surface area contributed by atoms with Gasteiger partial charge in [-0.1, -0.05) is 0 Å².